The van der Waals surface area contributed by atoms with Crippen LogP contribution in [0.5, 0.6) is 0 Å². The standard InChI is InChI=1S/C43H59N4O4S/c1-7-36(22-25-44-3)12-13-37-14-18-40(19-15-37)46(5)26-9-30-50-42(48)11-8-32-52-34-43(49)51-31-10-27-47(6)41-20-16-39(17-21-41)35(2)33-38-23-28-45(4)29-24-38/h7,12-25,28-29,35,44H,8-11,26-27,30-34H2,1-6H3/q+1/b13-12+,25-22-,36-7-. The molecule has 0 saturated heterocycles. The van der Waals surface area contributed by atoms with E-state index in [9.17, 15) is 9.59 Å². The number of benzene rings is 2. The summed E-state index contributed by atoms with van der Waals surface area (Å²) in [6.07, 6.45) is 17.9. The Morgan fingerprint density at radius 1 is 0.846 bits per heavy atom. The minimum absolute atomic E-state index is 0.193. The number of rotatable bonds is 23. The van der Waals surface area contributed by atoms with Crippen molar-refractivity contribution in [3.05, 3.63) is 120 Å². The molecule has 0 bridgehead atoms. The van der Waals surface area contributed by atoms with E-state index in [0.717, 1.165) is 54.9 Å². The zero-order chi connectivity index (χ0) is 37.6. The fourth-order valence-corrected chi connectivity index (χ4v) is 6.22. The zero-order valence-corrected chi connectivity index (χ0v) is 32.9. The second-order valence-corrected chi connectivity index (χ2v) is 14.2. The maximum absolute atomic E-state index is 12.2. The topological polar surface area (TPSA) is 75.0 Å². The highest BCUT2D eigenvalue weighted by Crippen LogP contribution is 2.23. The molecule has 1 heterocycles. The number of ether oxygens (including phenoxy) is 2. The van der Waals surface area contributed by atoms with Gasteiger partial charge in [0.25, 0.3) is 0 Å². The Labute approximate surface area is 316 Å². The average Bonchev–Trinajstić information content (AvgIpc) is 3.16. The first-order valence-corrected chi connectivity index (χ1v) is 19.5. The number of aryl methyl sites for hydroxylation is 1. The van der Waals surface area contributed by atoms with Crippen LogP contribution in [-0.4, -0.2) is 70.9 Å². The highest BCUT2D eigenvalue weighted by atomic mass is 32.2. The molecule has 0 fully saturated rings. The van der Waals surface area contributed by atoms with E-state index < -0.39 is 0 Å². The highest BCUT2D eigenvalue weighted by molar-refractivity contribution is 7.99. The molecule has 3 aromatic rings. The number of pyridine rings is 1. The van der Waals surface area contributed by atoms with Crippen LogP contribution in [0.15, 0.2) is 103 Å². The van der Waals surface area contributed by atoms with Crippen molar-refractivity contribution in [1.82, 2.24) is 5.32 Å². The van der Waals surface area contributed by atoms with Crippen LogP contribution in [0.3, 0.4) is 0 Å². The lowest BCUT2D eigenvalue weighted by atomic mass is 9.94. The molecular formula is C43H59N4O4S+. The average molecular weight is 728 g/mol. The third kappa shape index (κ3) is 16.2. The normalized spacial score (nSPS) is 12.2. The number of esters is 2. The van der Waals surface area contributed by atoms with Gasteiger partial charge in [0, 0.05) is 64.2 Å². The molecule has 2 aromatic carbocycles. The highest BCUT2D eigenvalue weighted by Gasteiger charge is 2.10. The summed E-state index contributed by atoms with van der Waals surface area (Å²) in [6.45, 7) is 6.66. The number of anilines is 2. The second kappa shape index (κ2) is 23.9. The monoisotopic (exact) mass is 727 g/mol. The number of hydrogen-bond acceptors (Lipinski definition) is 8. The summed E-state index contributed by atoms with van der Waals surface area (Å²) in [5, 5.41) is 3.01. The van der Waals surface area contributed by atoms with Crippen LogP contribution < -0.4 is 19.7 Å². The molecule has 1 aromatic heterocycles. The van der Waals surface area contributed by atoms with Crippen molar-refractivity contribution < 1.29 is 23.6 Å². The summed E-state index contributed by atoms with van der Waals surface area (Å²) in [4.78, 5) is 28.7. The van der Waals surface area contributed by atoms with Gasteiger partial charge in [0.2, 0.25) is 0 Å². The first kappa shape index (κ1) is 41.9. The van der Waals surface area contributed by atoms with Gasteiger partial charge in [-0.15, -0.1) is 0 Å². The molecule has 0 saturated carbocycles. The lowest BCUT2D eigenvalue weighted by Crippen LogP contribution is -2.26. The molecule has 1 N–H and O–H groups in total. The minimum Gasteiger partial charge on any atom is -0.466 e. The first-order chi connectivity index (χ1) is 25.2. The lowest BCUT2D eigenvalue weighted by molar-refractivity contribution is -0.671. The number of nitrogens with zero attached hydrogens (tertiary/aromatic N) is 3. The van der Waals surface area contributed by atoms with Crippen LogP contribution in [0.4, 0.5) is 11.4 Å². The van der Waals surface area contributed by atoms with E-state index in [1.165, 1.54) is 22.9 Å². The van der Waals surface area contributed by atoms with E-state index in [1.807, 2.05) is 40.3 Å². The van der Waals surface area contributed by atoms with Gasteiger partial charge < -0.3 is 24.6 Å². The van der Waals surface area contributed by atoms with Crippen molar-refractivity contribution in [1.29, 1.82) is 0 Å². The van der Waals surface area contributed by atoms with Gasteiger partial charge in [0.1, 0.15) is 7.05 Å². The van der Waals surface area contributed by atoms with Gasteiger partial charge in [-0.05, 0) is 103 Å². The first-order valence-electron chi connectivity index (χ1n) is 18.3. The van der Waals surface area contributed by atoms with E-state index in [1.54, 1.807) is 0 Å². The summed E-state index contributed by atoms with van der Waals surface area (Å²) in [5.74, 6) is 1.04. The van der Waals surface area contributed by atoms with E-state index in [2.05, 4.69) is 125 Å². The van der Waals surface area contributed by atoms with Gasteiger partial charge in [0.05, 0.1) is 19.0 Å². The van der Waals surface area contributed by atoms with Gasteiger partial charge in [-0.2, -0.15) is 11.8 Å². The molecule has 0 aliphatic rings. The molecule has 0 aliphatic carbocycles. The van der Waals surface area contributed by atoms with Crippen LogP contribution >= 0.6 is 11.8 Å². The van der Waals surface area contributed by atoms with Crippen molar-refractivity contribution in [3.63, 3.8) is 0 Å². The Morgan fingerprint density at radius 2 is 1.44 bits per heavy atom. The number of aromatic nitrogens is 1. The number of nitrogens with one attached hydrogen (secondary N) is 1. The van der Waals surface area contributed by atoms with Crippen LogP contribution in [0.25, 0.3) is 6.08 Å². The predicted molar refractivity (Wildman–Crippen MR) is 218 cm³/mol. The molecule has 1 unspecified atom stereocenters. The molecule has 0 radical (unpaired) electrons. The van der Waals surface area contributed by atoms with Gasteiger partial charge >= 0.3 is 11.9 Å². The molecule has 8 nitrogen and oxygen atoms in total. The maximum Gasteiger partial charge on any atom is 0.315 e. The van der Waals surface area contributed by atoms with Crippen LogP contribution in [0.2, 0.25) is 0 Å². The molecule has 9 heteroatoms. The molecular weight excluding hydrogens is 669 g/mol. The molecule has 1 atom stereocenters. The Balaban J connectivity index is 1.19. The Hall–Kier alpha value is -4.50. The Kier molecular flexibility index (Phi) is 19.2. The summed E-state index contributed by atoms with van der Waals surface area (Å²) in [7, 11) is 8.03. The molecule has 0 aliphatic heterocycles. The third-order valence-electron chi connectivity index (χ3n) is 8.76. The zero-order valence-electron chi connectivity index (χ0n) is 32.1. The van der Waals surface area contributed by atoms with Crippen molar-refractivity contribution in [2.45, 2.75) is 51.9 Å². The fourth-order valence-electron chi connectivity index (χ4n) is 5.48. The predicted octanol–water partition coefficient (Wildman–Crippen LogP) is 7.50. The van der Waals surface area contributed by atoms with E-state index in [0.29, 0.717) is 43.5 Å². The van der Waals surface area contributed by atoms with Crippen molar-refractivity contribution in [3.8, 4) is 0 Å². The Bertz CT molecular complexity index is 1570. The summed E-state index contributed by atoms with van der Waals surface area (Å²) in [5.41, 5.74) is 7.20. The van der Waals surface area contributed by atoms with Crippen molar-refractivity contribution >= 4 is 41.2 Å². The van der Waals surface area contributed by atoms with Gasteiger partial charge in [-0.1, -0.05) is 49.4 Å². The summed E-state index contributed by atoms with van der Waals surface area (Å²) < 4.78 is 12.9. The summed E-state index contributed by atoms with van der Waals surface area (Å²) >= 11 is 1.50. The van der Waals surface area contributed by atoms with Gasteiger partial charge in [-0.25, -0.2) is 4.57 Å². The quantitative estimate of drug-likeness (QED) is 0.0466. The third-order valence-corrected chi connectivity index (χ3v) is 9.78. The summed E-state index contributed by atoms with van der Waals surface area (Å²) in [6, 6.07) is 21.5. The molecule has 280 valence electrons. The number of carbonyl (C=O) groups is 2. The SMILES string of the molecule is C/C=C(\C=C/NC)/C=C/c1ccc(N(C)CCCOC(=O)CCCSCC(=O)OCCCN(C)c2ccc(C(C)Cc3cc[n+](C)cc3)cc2)cc1. The molecule has 0 spiro atoms. The van der Waals surface area contributed by atoms with Crippen LogP contribution in [0, 0.1) is 0 Å². The van der Waals surface area contributed by atoms with E-state index >= 15 is 0 Å². The number of allylic oxidation sites excluding steroid dienone is 4. The van der Waals surface area contributed by atoms with Gasteiger partial charge in [-0.3, -0.25) is 9.59 Å². The number of hydrogen-bond donors (Lipinski definition) is 1. The van der Waals surface area contributed by atoms with E-state index in [-0.39, 0.29) is 11.9 Å². The van der Waals surface area contributed by atoms with Crippen molar-refractivity contribution in [2.75, 3.05) is 68.8 Å². The largest absolute Gasteiger partial charge is 0.466 e. The van der Waals surface area contributed by atoms with Gasteiger partial charge in [0.15, 0.2) is 12.4 Å². The van der Waals surface area contributed by atoms with Crippen LogP contribution in [-0.2, 0) is 32.5 Å². The smallest absolute Gasteiger partial charge is 0.315 e. The lowest BCUT2D eigenvalue weighted by Gasteiger charge is -2.20. The van der Waals surface area contributed by atoms with E-state index in [4.69, 9.17) is 9.47 Å². The Morgan fingerprint density at radius 3 is 2.04 bits per heavy atom. The number of carbonyl (C=O) groups excluding carboxylic acids is 2. The fraction of sp³-hybridized carbons (Fsp3) is 0.419. The minimum atomic E-state index is -0.212. The van der Waals surface area contributed by atoms with Crippen molar-refractivity contribution in [2.24, 2.45) is 7.05 Å². The maximum atomic E-state index is 12.2. The number of thioether (sulfide) groups is 1. The molecule has 52 heavy (non-hydrogen) atoms. The molecule has 0 amide bonds. The molecule has 3 rings (SSSR count). The second-order valence-electron chi connectivity index (χ2n) is 13.1. The van der Waals surface area contributed by atoms with Crippen LogP contribution in [0.1, 0.15) is 62.1 Å².